The molecule has 9 atom stereocenters. The molecule has 0 bridgehead atoms. The molecular weight excluding hydrogens is 552 g/mol. The minimum atomic E-state index is -1.90. The van der Waals surface area contributed by atoms with Crippen LogP contribution in [0.25, 0.3) is 0 Å². The molecule has 0 saturated carbocycles. The molecule has 0 radical (unpaired) electrons. The van der Waals surface area contributed by atoms with E-state index in [-0.39, 0.29) is 6.42 Å². The van der Waals surface area contributed by atoms with Crippen LogP contribution in [0.2, 0.25) is 0 Å². The van der Waals surface area contributed by atoms with Crippen molar-refractivity contribution in [3.05, 3.63) is 44.9 Å². The van der Waals surface area contributed by atoms with Crippen molar-refractivity contribution in [2.75, 3.05) is 13.7 Å². The minimum Gasteiger partial charge on any atom is -0.456 e. The normalized spacial score (nSPS) is 29.2. The molecule has 3 rings (SSSR count). The van der Waals surface area contributed by atoms with Crippen LogP contribution in [0.5, 0.6) is 0 Å². The Morgan fingerprint density at radius 1 is 1.15 bits per heavy atom. The van der Waals surface area contributed by atoms with Gasteiger partial charge in [-0.05, 0) is 31.9 Å². The highest BCUT2D eigenvalue weighted by molar-refractivity contribution is 5.95. The van der Waals surface area contributed by atoms with Gasteiger partial charge in [0.25, 0.3) is 11.5 Å². The first kappa shape index (κ1) is 31.9. The van der Waals surface area contributed by atoms with Gasteiger partial charge in [0.05, 0.1) is 0 Å². The number of nitrogens with zero attached hydrogens (tertiary/aromatic N) is 1. The number of hydrogen-bond acceptors (Lipinski definition) is 13. The summed E-state index contributed by atoms with van der Waals surface area (Å²) >= 11 is 0. The van der Waals surface area contributed by atoms with E-state index in [1.807, 2.05) is 4.98 Å². The molecule has 6 unspecified atom stereocenters. The van der Waals surface area contributed by atoms with Crippen molar-refractivity contribution in [2.45, 2.75) is 74.4 Å². The first-order valence-corrected chi connectivity index (χ1v) is 12.6. The average molecular weight is 587 g/mol. The lowest BCUT2D eigenvalue weighted by molar-refractivity contribution is -0.240. The molecule has 18 heteroatoms. The second-order valence-electron chi connectivity index (χ2n) is 9.37. The number of nitrogens with one attached hydrogen (secondary N) is 2. The zero-order valence-electron chi connectivity index (χ0n) is 22.0. The number of unbranched alkanes of at least 4 members (excludes halogenated alkanes) is 1. The molecule has 3 amide bonds. The number of rotatable bonds is 13. The Morgan fingerprint density at radius 2 is 1.85 bits per heavy atom. The number of aliphatic hydroxyl groups excluding tert-OH is 3. The number of primary amides is 2. The Balaban J connectivity index is 1.79. The van der Waals surface area contributed by atoms with Gasteiger partial charge in [0.2, 0.25) is 18.1 Å². The monoisotopic (exact) mass is 586 g/mol. The number of nitrogens with two attached hydrogens (primary N) is 3. The molecule has 2 aliphatic heterocycles. The van der Waals surface area contributed by atoms with Crippen molar-refractivity contribution >= 4 is 17.7 Å². The van der Waals surface area contributed by atoms with Crippen LogP contribution >= 0.6 is 0 Å². The lowest BCUT2D eigenvalue weighted by Gasteiger charge is -2.34. The van der Waals surface area contributed by atoms with Gasteiger partial charge in [-0.2, -0.15) is 0 Å². The van der Waals surface area contributed by atoms with Gasteiger partial charge < -0.3 is 56.8 Å². The predicted molar refractivity (Wildman–Crippen MR) is 135 cm³/mol. The number of aromatic nitrogens is 2. The fourth-order valence-electron chi connectivity index (χ4n) is 4.38. The first-order chi connectivity index (χ1) is 19.4. The van der Waals surface area contributed by atoms with Gasteiger partial charge in [-0.3, -0.25) is 28.7 Å². The quantitative estimate of drug-likeness (QED) is 0.100. The van der Waals surface area contributed by atoms with Crippen molar-refractivity contribution in [3.63, 3.8) is 0 Å². The van der Waals surface area contributed by atoms with Crippen LogP contribution in [0.1, 0.15) is 25.5 Å². The number of aromatic amines is 1. The van der Waals surface area contributed by atoms with E-state index >= 15 is 0 Å². The lowest BCUT2D eigenvalue weighted by atomic mass is 10.0. The minimum absolute atomic E-state index is 0.178. The first-order valence-electron chi connectivity index (χ1n) is 12.6. The van der Waals surface area contributed by atoms with E-state index in [0.717, 1.165) is 22.9 Å². The molecule has 41 heavy (non-hydrogen) atoms. The maximum absolute atomic E-state index is 12.8. The van der Waals surface area contributed by atoms with Crippen LogP contribution < -0.4 is 33.8 Å². The van der Waals surface area contributed by atoms with Crippen LogP contribution in [-0.4, -0.2) is 105 Å². The van der Waals surface area contributed by atoms with Crippen LogP contribution in [0, 0.1) is 0 Å². The summed E-state index contributed by atoms with van der Waals surface area (Å²) in [4.78, 5) is 62.7. The molecule has 11 N–H and O–H groups in total. The van der Waals surface area contributed by atoms with Gasteiger partial charge in [0.1, 0.15) is 36.6 Å². The van der Waals surface area contributed by atoms with E-state index in [1.54, 1.807) is 0 Å². The molecule has 1 aromatic heterocycles. The largest absolute Gasteiger partial charge is 0.456 e. The van der Waals surface area contributed by atoms with E-state index in [2.05, 4.69) is 5.32 Å². The smallest absolute Gasteiger partial charge is 0.330 e. The highest BCUT2D eigenvalue weighted by Gasteiger charge is 2.52. The van der Waals surface area contributed by atoms with Crippen molar-refractivity contribution in [3.8, 4) is 0 Å². The van der Waals surface area contributed by atoms with Gasteiger partial charge in [-0.25, -0.2) is 4.79 Å². The molecular formula is C23H34N6O12. The number of aliphatic hydroxyl groups is 3. The molecule has 0 aliphatic carbocycles. The number of carbonyl (C=O) groups excluding carboxylic acids is 3. The van der Waals surface area contributed by atoms with Crippen LogP contribution in [0.15, 0.2) is 33.7 Å². The molecule has 2 aliphatic rings. The van der Waals surface area contributed by atoms with Gasteiger partial charge in [0, 0.05) is 19.4 Å². The molecule has 0 aromatic carbocycles. The number of hydrogen-bond donors (Lipinski definition) is 8. The van der Waals surface area contributed by atoms with Crippen molar-refractivity contribution in [1.29, 1.82) is 0 Å². The Hall–Kier alpha value is -3.65. The van der Waals surface area contributed by atoms with Crippen molar-refractivity contribution in [1.82, 2.24) is 14.9 Å². The fourth-order valence-corrected chi connectivity index (χ4v) is 4.38. The average Bonchev–Trinajstić information content (AvgIpc) is 3.23. The van der Waals surface area contributed by atoms with Gasteiger partial charge in [-0.15, -0.1) is 0 Å². The summed E-state index contributed by atoms with van der Waals surface area (Å²) in [5, 5.41) is 34.0. The molecule has 1 aromatic rings. The second kappa shape index (κ2) is 13.8. The second-order valence-corrected chi connectivity index (χ2v) is 9.37. The summed E-state index contributed by atoms with van der Waals surface area (Å²) in [5.41, 5.74) is 14.7. The SMILES string of the molecule is COC1C(O)[C@@H](C(O[C@H]2OC(C(=O)NC(CCCCN)C(N)=O)=CC(O)C2O)C(N)=O)O[C@H]1n1ccc(=O)[nH]c1=O. The van der Waals surface area contributed by atoms with Gasteiger partial charge in [0.15, 0.2) is 18.1 Å². The molecule has 18 nitrogen and oxygen atoms in total. The third-order valence-electron chi connectivity index (χ3n) is 6.52. The summed E-state index contributed by atoms with van der Waals surface area (Å²) in [7, 11) is 1.19. The van der Waals surface area contributed by atoms with E-state index in [0.29, 0.717) is 19.4 Å². The maximum atomic E-state index is 12.8. The van der Waals surface area contributed by atoms with Crippen molar-refractivity contribution in [2.24, 2.45) is 17.2 Å². The van der Waals surface area contributed by atoms with Crippen molar-refractivity contribution < 1.29 is 48.7 Å². The molecule has 1 fully saturated rings. The molecule has 0 spiro atoms. The van der Waals surface area contributed by atoms with E-state index in [4.69, 9.17) is 36.1 Å². The summed E-state index contributed by atoms with van der Waals surface area (Å²) < 4.78 is 22.7. The fraction of sp³-hybridized carbons (Fsp3) is 0.609. The third-order valence-corrected chi connectivity index (χ3v) is 6.52. The van der Waals surface area contributed by atoms with E-state index in [9.17, 15) is 39.3 Å². The van der Waals surface area contributed by atoms with Gasteiger partial charge in [-0.1, -0.05) is 0 Å². The third kappa shape index (κ3) is 7.36. The molecule has 228 valence electrons. The number of ether oxygens (including phenoxy) is 4. The summed E-state index contributed by atoms with van der Waals surface area (Å²) in [5.74, 6) is -3.59. The number of methoxy groups -OCH3 is 1. The Kier molecular flexibility index (Phi) is 10.7. The zero-order chi connectivity index (χ0) is 30.4. The molecule has 3 heterocycles. The lowest BCUT2D eigenvalue weighted by Crippen LogP contribution is -2.54. The summed E-state index contributed by atoms with van der Waals surface area (Å²) in [6, 6.07) is -0.0752. The summed E-state index contributed by atoms with van der Waals surface area (Å²) in [6.07, 6.45) is -10.1. The van der Waals surface area contributed by atoms with E-state index in [1.165, 1.54) is 7.11 Å². The standard InChI is InChI=1S/C23H34N6O12/c1-38-16-14(33)15(40-21(16)29-7-5-12(31)28-23(29)37)17(19(26)35)41-22-13(32)10(30)8-11(39-22)20(36)27-9(18(25)34)4-2-3-6-24/h5,7-10,13-17,21-22,30,32-33H,2-4,6,24H2,1H3,(H2,25,34)(H2,26,35)(H,27,36)(H,28,31,37)/t9?,10?,13?,14?,15-,16?,17?,21+,22+/m0/s1. The Morgan fingerprint density at radius 3 is 2.44 bits per heavy atom. The molecule has 1 saturated heterocycles. The highest BCUT2D eigenvalue weighted by Crippen LogP contribution is 2.34. The van der Waals surface area contributed by atoms with Crippen LogP contribution in [0.3, 0.4) is 0 Å². The number of H-pyrrole nitrogens is 1. The highest BCUT2D eigenvalue weighted by atomic mass is 16.7. The zero-order valence-corrected chi connectivity index (χ0v) is 22.0. The van der Waals surface area contributed by atoms with Crippen LogP contribution in [-0.2, 0) is 33.3 Å². The van der Waals surface area contributed by atoms with Gasteiger partial charge >= 0.3 is 5.69 Å². The van der Waals surface area contributed by atoms with Crippen LogP contribution in [0.4, 0.5) is 0 Å². The predicted octanol–water partition coefficient (Wildman–Crippen LogP) is -5.26. The summed E-state index contributed by atoms with van der Waals surface area (Å²) in [6.45, 7) is 0.366. The maximum Gasteiger partial charge on any atom is 0.330 e. The Bertz CT molecular complexity index is 1250. The number of carbonyl (C=O) groups is 3. The number of amides is 3. The Labute approximate surface area is 232 Å². The topological polar surface area (TPSA) is 294 Å². The van der Waals surface area contributed by atoms with E-state index < -0.39 is 89.9 Å².